The molecular weight excluding hydrogens is 564 g/mol. The minimum absolute atomic E-state index is 0.125. The first-order chi connectivity index (χ1) is 20.3. The lowest BCUT2D eigenvalue weighted by atomic mass is 10.1. The number of hydrogen-bond donors (Lipinski definition) is 1. The third-order valence-corrected chi connectivity index (χ3v) is 9.64. The predicted octanol–water partition coefficient (Wildman–Crippen LogP) is 5.97. The van der Waals surface area contributed by atoms with Crippen molar-refractivity contribution in [2.24, 2.45) is 0 Å². The number of amides is 1. The molecule has 3 heterocycles. The summed E-state index contributed by atoms with van der Waals surface area (Å²) >= 11 is 0. The molecule has 5 aromatic rings. The van der Waals surface area contributed by atoms with Crippen LogP contribution in [0.15, 0.2) is 84.5 Å². The van der Waals surface area contributed by atoms with Crippen LogP contribution in [0.2, 0.25) is 0 Å². The van der Waals surface area contributed by atoms with Gasteiger partial charge in [0.2, 0.25) is 5.91 Å². The highest BCUT2D eigenvalue weighted by Crippen LogP contribution is 2.37. The summed E-state index contributed by atoms with van der Waals surface area (Å²) in [6, 6.07) is 12.0. The maximum atomic E-state index is 13.7. The number of carbonyl (C=O) groups is 1. The van der Waals surface area contributed by atoms with E-state index in [0.717, 1.165) is 11.1 Å². The molecule has 0 saturated heterocycles. The van der Waals surface area contributed by atoms with Crippen LogP contribution in [0.25, 0.3) is 10.9 Å². The Hall–Kier alpha value is -4.64. The average Bonchev–Trinajstić information content (AvgIpc) is 3.44. The van der Waals surface area contributed by atoms with Crippen molar-refractivity contribution in [3.05, 3.63) is 96.5 Å². The summed E-state index contributed by atoms with van der Waals surface area (Å²) in [6.45, 7) is 11.2. The third-order valence-electron chi connectivity index (χ3n) is 7.21. The van der Waals surface area contributed by atoms with Crippen LogP contribution in [0.4, 0.5) is 5.69 Å². The Bertz CT molecular complexity index is 1910. The largest absolute Gasteiger partial charge is 0.456 e. The number of ether oxygens (including phenoxy) is 1. The number of nitrogens with one attached hydrogen (secondary N) is 1. The van der Waals surface area contributed by atoms with Gasteiger partial charge in [0.05, 0.1) is 40.0 Å². The predicted molar refractivity (Wildman–Crippen MR) is 165 cm³/mol. The van der Waals surface area contributed by atoms with Gasteiger partial charge in [0.1, 0.15) is 16.2 Å². The van der Waals surface area contributed by atoms with Crippen molar-refractivity contribution in [1.82, 2.24) is 24.7 Å². The molecule has 0 bridgehead atoms. The van der Waals surface area contributed by atoms with Crippen LogP contribution in [-0.2, 0) is 31.3 Å². The van der Waals surface area contributed by atoms with Crippen LogP contribution in [0.5, 0.6) is 11.5 Å². The fourth-order valence-corrected chi connectivity index (χ4v) is 6.09. The quantitative estimate of drug-likeness (QED) is 0.231. The van der Waals surface area contributed by atoms with Gasteiger partial charge in [-0.1, -0.05) is 12.1 Å². The lowest BCUT2D eigenvalue weighted by Crippen LogP contribution is -2.30. The highest BCUT2D eigenvalue weighted by atomic mass is 32.2. The van der Waals surface area contributed by atoms with Crippen LogP contribution in [0.3, 0.4) is 0 Å². The van der Waals surface area contributed by atoms with Crippen molar-refractivity contribution in [2.45, 2.75) is 63.1 Å². The fourth-order valence-electron chi connectivity index (χ4n) is 4.60. The highest BCUT2D eigenvalue weighted by Gasteiger charge is 2.39. The molecule has 0 aliphatic rings. The molecule has 0 atom stereocenters. The lowest BCUT2D eigenvalue weighted by molar-refractivity contribution is -0.115. The van der Waals surface area contributed by atoms with Gasteiger partial charge in [0.15, 0.2) is 9.84 Å². The Morgan fingerprint density at radius 1 is 0.930 bits per heavy atom. The number of benzene rings is 2. The number of hydrogen-bond acceptors (Lipinski definition) is 8. The minimum Gasteiger partial charge on any atom is -0.456 e. The molecule has 5 rings (SSSR count). The number of rotatable bonds is 8. The Morgan fingerprint density at radius 2 is 1.72 bits per heavy atom. The first-order valence-corrected chi connectivity index (χ1v) is 15.3. The van der Waals surface area contributed by atoms with E-state index in [1.165, 1.54) is 18.6 Å². The Morgan fingerprint density at radius 3 is 2.40 bits per heavy atom. The van der Waals surface area contributed by atoms with E-state index in [4.69, 9.17) is 4.74 Å². The summed E-state index contributed by atoms with van der Waals surface area (Å²) < 4.78 is 34.3. The Labute approximate surface area is 251 Å². The molecule has 222 valence electrons. The van der Waals surface area contributed by atoms with Gasteiger partial charge in [-0.05, 0) is 83.0 Å². The van der Waals surface area contributed by atoms with E-state index in [9.17, 15) is 13.2 Å². The summed E-state index contributed by atoms with van der Waals surface area (Å²) in [7, 11) is -3.86. The van der Waals surface area contributed by atoms with E-state index in [1.54, 1.807) is 61.3 Å². The zero-order valence-corrected chi connectivity index (χ0v) is 25.8. The van der Waals surface area contributed by atoms with Crippen molar-refractivity contribution in [3.63, 3.8) is 0 Å². The van der Waals surface area contributed by atoms with Gasteiger partial charge in [-0.2, -0.15) is 5.10 Å². The second-order valence-electron chi connectivity index (χ2n) is 11.9. The third kappa shape index (κ3) is 6.12. The monoisotopic (exact) mass is 598 g/mol. The molecule has 0 saturated carbocycles. The second-order valence-corrected chi connectivity index (χ2v) is 14.4. The van der Waals surface area contributed by atoms with E-state index in [2.05, 4.69) is 25.4 Å². The zero-order chi connectivity index (χ0) is 31.0. The van der Waals surface area contributed by atoms with Crippen molar-refractivity contribution >= 4 is 32.3 Å². The van der Waals surface area contributed by atoms with Crippen molar-refractivity contribution in [3.8, 4) is 11.5 Å². The summed E-state index contributed by atoms with van der Waals surface area (Å²) in [5.74, 6) is 0.889. The number of nitrogens with zero attached hydrogens (tertiary/aromatic N) is 5. The molecule has 0 fully saturated rings. The number of fused-ring (bicyclic) bond motifs is 1. The van der Waals surface area contributed by atoms with Gasteiger partial charge in [-0.25, -0.2) is 8.42 Å². The summed E-state index contributed by atoms with van der Waals surface area (Å²) in [5, 5.41) is 7.77. The Kier molecular flexibility index (Phi) is 7.78. The van der Waals surface area contributed by atoms with Crippen LogP contribution in [-0.4, -0.2) is 39.1 Å². The van der Waals surface area contributed by atoms with Crippen LogP contribution < -0.4 is 10.1 Å². The standard InChI is InChI=1S/C32H34N6O4S/c1-21-15-22(16-30(39)37-23-18-36-38(20-23)31(2,3)4)7-10-27(21)42-28-11-12-34-26-9-8-24(17-25(26)28)43(40,41)32(5,6)29-19-33-13-14-35-29/h7-15,17-20H,16H2,1-6H3,(H,37,39). The maximum Gasteiger partial charge on any atom is 0.228 e. The number of pyridine rings is 1. The minimum atomic E-state index is -3.86. The average molecular weight is 599 g/mol. The Balaban J connectivity index is 1.36. The molecule has 1 amide bonds. The van der Waals surface area contributed by atoms with E-state index >= 15 is 0 Å². The normalized spacial score (nSPS) is 12.3. The number of aryl methyl sites for hydroxylation is 1. The molecule has 3 aromatic heterocycles. The topological polar surface area (TPSA) is 129 Å². The van der Waals surface area contributed by atoms with Crippen LogP contribution in [0.1, 0.15) is 51.4 Å². The zero-order valence-electron chi connectivity index (χ0n) is 25.0. The second kappa shape index (κ2) is 11.2. The molecule has 0 unspecified atom stereocenters. The van der Waals surface area contributed by atoms with E-state index in [-0.39, 0.29) is 22.8 Å². The smallest absolute Gasteiger partial charge is 0.228 e. The summed E-state index contributed by atoms with van der Waals surface area (Å²) in [4.78, 5) is 25.5. The van der Waals surface area contributed by atoms with Gasteiger partial charge in [0, 0.05) is 36.4 Å². The van der Waals surface area contributed by atoms with Crippen LogP contribution in [0, 0.1) is 6.92 Å². The van der Waals surface area contributed by atoms with E-state index < -0.39 is 14.6 Å². The van der Waals surface area contributed by atoms with Gasteiger partial charge in [-0.3, -0.25) is 24.4 Å². The molecular formula is C32H34N6O4S. The lowest BCUT2D eigenvalue weighted by Gasteiger charge is -2.24. The highest BCUT2D eigenvalue weighted by molar-refractivity contribution is 7.92. The SMILES string of the molecule is Cc1cc(CC(=O)Nc2cnn(C(C)(C)C)c2)ccc1Oc1ccnc2ccc(S(=O)(=O)C(C)(C)c3cnccn3)cc12. The van der Waals surface area contributed by atoms with Crippen molar-refractivity contribution in [1.29, 1.82) is 0 Å². The first kappa shape index (κ1) is 29.8. The van der Waals surface area contributed by atoms with Gasteiger partial charge in [0.25, 0.3) is 0 Å². The molecule has 2 aromatic carbocycles. The molecule has 0 aliphatic carbocycles. The number of carbonyl (C=O) groups excluding carboxylic acids is 1. The molecule has 43 heavy (non-hydrogen) atoms. The van der Waals surface area contributed by atoms with Gasteiger partial charge < -0.3 is 10.1 Å². The molecule has 0 aliphatic heterocycles. The molecule has 1 N–H and O–H groups in total. The molecule has 0 spiro atoms. The van der Waals surface area contributed by atoms with Crippen molar-refractivity contribution < 1.29 is 17.9 Å². The fraction of sp³-hybridized carbons (Fsp3) is 0.281. The molecule has 11 heteroatoms. The maximum absolute atomic E-state index is 13.7. The molecule has 0 radical (unpaired) electrons. The number of sulfone groups is 1. The number of aromatic nitrogens is 5. The van der Waals surface area contributed by atoms with Gasteiger partial charge in [-0.15, -0.1) is 0 Å². The number of anilines is 1. The van der Waals surface area contributed by atoms with Crippen molar-refractivity contribution in [2.75, 3.05) is 5.32 Å². The summed E-state index contributed by atoms with van der Waals surface area (Å²) in [5.41, 5.74) is 3.05. The van der Waals surface area contributed by atoms with E-state index in [1.807, 2.05) is 46.0 Å². The van der Waals surface area contributed by atoms with Gasteiger partial charge >= 0.3 is 0 Å². The van der Waals surface area contributed by atoms with E-state index in [0.29, 0.717) is 33.8 Å². The molecule has 10 nitrogen and oxygen atoms in total. The first-order valence-electron chi connectivity index (χ1n) is 13.8. The summed E-state index contributed by atoms with van der Waals surface area (Å²) in [6.07, 6.45) is 9.69. The van der Waals surface area contributed by atoms with Crippen LogP contribution >= 0.6 is 0 Å².